The second-order valence-corrected chi connectivity index (χ2v) is 16.0. The van der Waals surface area contributed by atoms with Crippen LogP contribution in [0.15, 0.2) is 158 Å². The smallest absolute Gasteiger partial charge is 0.119 e. The van der Waals surface area contributed by atoms with Gasteiger partial charge in [0, 0.05) is 26.2 Å². The van der Waals surface area contributed by atoms with Crippen molar-refractivity contribution in [3.8, 4) is 11.5 Å². The SMILES string of the molecule is c1ccc2c(CNCc3ccc(OCCCCCCCCCCCOc4ccc(CNCc5c6ccccc6cc6ccccc56)cc4)cc3)c3ccccc3cc2c1. The lowest BCUT2D eigenvalue weighted by atomic mass is 9.97. The maximum absolute atomic E-state index is 6.07. The monoisotopic (exact) mass is 778 g/mol. The fraction of sp³-hybridized carbons (Fsp3) is 0.273. The molecule has 0 radical (unpaired) electrons. The van der Waals surface area contributed by atoms with Crippen molar-refractivity contribution in [3.63, 3.8) is 0 Å². The predicted molar refractivity (Wildman–Crippen MR) is 249 cm³/mol. The summed E-state index contributed by atoms with van der Waals surface area (Å²) in [5, 5.41) is 17.9. The van der Waals surface area contributed by atoms with E-state index in [2.05, 4.69) is 168 Å². The molecule has 0 atom stereocenters. The first-order chi connectivity index (χ1) is 29.3. The minimum atomic E-state index is 0.787. The van der Waals surface area contributed by atoms with Crippen LogP contribution in [-0.2, 0) is 26.2 Å². The Kier molecular flexibility index (Phi) is 14.2. The Morgan fingerprint density at radius 3 is 0.949 bits per heavy atom. The van der Waals surface area contributed by atoms with Crippen molar-refractivity contribution in [1.29, 1.82) is 0 Å². The summed E-state index contributed by atoms with van der Waals surface area (Å²) in [4.78, 5) is 0. The highest BCUT2D eigenvalue weighted by Crippen LogP contribution is 2.30. The molecule has 59 heavy (non-hydrogen) atoms. The van der Waals surface area contributed by atoms with E-state index in [1.54, 1.807) is 0 Å². The molecule has 4 nitrogen and oxygen atoms in total. The lowest BCUT2D eigenvalue weighted by molar-refractivity contribution is 0.302. The molecular formula is C55H58N2O2. The van der Waals surface area contributed by atoms with Gasteiger partial charge >= 0.3 is 0 Å². The van der Waals surface area contributed by atoms with Gasteiger partial charge in [-0.3, -0.25) is 0 Å². The van der Waals surface area contributed by atoms with Gasteiger partial charge < -0.3 is 20.1 Å². The lowest BCUT2D eigenvalue weighted by Crippen LogP contribution is -2.13. The third kappa shape index (κ3) is 10.9. The predicted octanol–water partition coefficient (Wildman–Crippen LogP) is 13.8. The third-order valence-corrected chi connectivity index (χ3v) is 11.7. The van der Waals surface area contributed by atoms with Crippen molar-refractivity contribution in [2.45, 2.75) is 84.0 Å². The molecule has 0 amide bonds. The molecule has 0 saturated carbocycles. The highest BCUT2D eigenvalue weighted by atomic mass is 16.5. The van der Waals surface area contributed by atoms with E-state index in [-0.39, 0.29) is 0 Å². The first-order valence-corrected chi connectivity index (χ1v) is 21.9. The molecule has 300 valence electrons. The van der Waals surface area contributed by atoms with Crippen molar-refractivity contribution < 1.29 is 9.47 Å². The summed E-state index contributed by atoms with van der Waals surface area (Å²) in [5.74, 6) is 1.93. The standard InChI is InChI=1S/C55H58N2O2/c1(2-4-6-16-34-58-48-30-26-42(27-31-48)38-56-40-54-50-22-12-8-18-44(50)36-45-19-9-13-23-51(45)54)3-5-7-17-35-59-49-32-28-43(29-33-49)39-57-41-55-52-24-14-10-20-46(52)37-47-21-11-15-25-53(47)55/h8-15,18-33,36-37,56-57H,1-7,16-17,34-35,38-41H2. The van der Waals surface area contributed by atoms with E-state index in [0.717, 1.165) is 63.7 Å². The zero-order valence-electron chi connectivity index (χ0n) is 34.4. The zero-order chi connectivity index (χ0) is 39.9. The van der Waals surface area contributed by atoms with E-state index in [9.17, 15) is 0 Å². The number of hydrogen-bond acceptors (Lipinski definition) is 4. The molecule has 0 aromatic heterocycles. The van der Waals surface area contributed by atoms with Gasteiger partial charge in [0.1, 0.15) is 11.5 Å². The molecule has 0 saturated heterocycles. The topological polar surface area (TPSA) is 42.5 Å². The number of ether oxygens (including phenoxy) is 2. The summed E-state index contributed by atoms with van der Waals surface area (Å²) in [6.07, 6.45) is 11.2. The van der Waals surface area contributed by atoms with Gasteiger partial charge in [0.15, 0.2) is 0 Å². The molecule has 8 aromatic carbocycles. The Morgan fingerprint density at radius 1 is 0.305 bits per heavy atom. The van der Waals surface area contributed by atoms with Crippen molar-refractivity contribution in [2.24, 2.45) is 0 Å². The number of rotatable bonds is 22. The highest BCUT2D eigenvalue weighted by molar-refractivity contribution is 6.03. The van der Waals surface area contributed by atoms with Crippen LogP contribution in [-0.4, -0.2) is 13.2 Å². The molecule has 0 aliphatic carbocycles. The molecule has 0 aliphatic heterocycles. The third-order valence-electron chi connectivity index (χ3n) is 11.7. The van der Waals surface area contributed by atoms with E-state index < -0.39 is 0 Å². The quantitative estimate of drug-likeness (QED) is 0.0531. The number of unbranched alkanes of at least 4 members (excludes halogenated alkanes) is 8. The Morgan fingerprint density at radius 2 is 0.610 bits per heavy atom. The van der Waals surface area contributed by atoms with Crippen LogP contribution in [0.25, 0.3) is 43.1 Å². The Labute approximate surface area is 350 Å². The average molecular weight is 779 g/mol. The average Bonchev–Trinajstić information content (AvgIpc) is 3.28. The van der Waals surface area contributed by atoms with E-state index in [0.29, 0.717) is 0 Å². The first kappa shape index (κ1) is 40.1. The van der Waals surface area contributed by atoms with E-state index in [1.165, 1.54) is 110 Å². The van der Waals surface area contributed by atoms with E-state index in [1.807, 2.05) is 0 Å². The van der Waals surface area contributed by atoms with E-state index >= 15 is 0 Å². The normalized spacial score (nSPS) is 11.5. The Bertz CT molecular complexity index is 2260. The summed E-state index contributed by atoms with van der Waals surface area (Å²) in [7, 11) is 0. The summed E-state index contributed by atoms with van der Waals surface area (Å²) >= 11 is 0. The second kappa shape index (κ2) is 20.8. The Balaban J connectivity index is 0.637. The Hall–Kier alpha value is -5.68. The highest BCUT2D eigenvalue weighted by Gasteiger charge is 2.09. The number of hydrogen-bond donors (Lipinski definition) is 2. The van der Waals surface area contributed by atoms with Crippen LogP contribution >= 0.6 is 0 Å². The van der Waals surface area contributed by atoms with Crippen molar-refractivity contribution in [3.05, 3.63) is 180 Å². The number of benzene rings is 8. The molecule has 4 heteroatoms. The number of nitrogens with one attached hydrogen (secondary N) is 2. The molecule has 0 bridgehead atoms. The van der Waals surface area contributed by atoms with Crippen LogP contribution < -0.4 is 20.1 Å². The van der Waals surface area contributed by atoms with Crippen molar-refractivity contribution in [1.82, 2.24) is 10.6 Å². The van der Waals surface area contributed by atoms with Gasteiger partial charge in [0.2, 0.25) is 0 Å². The van der Waals surface area contributed by atoms with Crippen molar-refractivity contribution >= 4 is 43.1 Å². The lowest BCUT2D eigenvalue weighted by Gasteiger charge is -2.13. The maximum Gasteiger partial charge on any atom is 0.119 e. The minimum absolute atomic E-state index is 0.787. The summed E-state index contributed by atoms with van der Waals surface area (Å²) in [5.41, 5.74) is 5.27. The fourth-order valence-corrected chi connectivity index (χ4v) is 8.49. The van der Waals surface area contributed by atoms with Crippen molar-refractivity contribution in [2.75, 3.05) is 13.2 Å². The summed E-state index contributed by atoms with van der Waals surface area (Å²) in [6.45, 7) is 4.88. The van der Waals surface area contributed by atoms with Gasteiger partial charge in [0.05, 0.1) is 13.2 Å². The first-order valence-electron chi connectivity index (χ1n) is 21.9. The molecule has 8 aromatic rings. The second-order valence-electron chi connectivity index (χ2n) is 16.0. The zero-order valence-corrected chi connectivity index (χ0v) is 34.4. The van der Waals surface area contributed by atoms with Gasteiger partial charge in [-0.25, -0.2) is 0 Å². The molecule has 0 unspecified atom stereocenters. The van der Waals surface area contributed by atoms with E-state index in [4.69, 9.17) is 9.47 Å². The molecule has 0 spiro atoms. The van der Waals surface area contributed by atoms with Crippen LogP contribution in [0, 0.1) is 0 Å². The largest absolute Gasteiger partial charge is 0.494 e. The van der Waals surface area contributed by atoms with Gasteiger partial charge in [-0.05, 0) is 115 Å². The summed E-state index contributed by atoms with van der Waals surface area (Å²) < 4.78 is 12.1. The van der Waals surface area contributed by atoms with Gasteiger partial charge in [0.25, 0.3) is 0 Å². The molecule has 2 N–H and O–H groups in total. The molecule has 0 heterocycles. The molecule has 0 fully saturated rings. The summed E-state index contributed by atoms with van der Waals surface area (Å²) in [6, 6.07) is 56.6. The van der Waals surface area contributed by atoms with Gasteiger partial charge in [-0.15, -0.1) is 0 Å². The minimum Gasteiger partial charge on any atom is -0.494 e. The van der Waals surface area contributed by atoms with Crippen LogP contribution in [0.1, 0.15) is 80.0 Å². The van der Waals surface area contributed by atoms with Gasteiger partial charge in [-0.1, -0.05) is 166 Å². The molecular weight excluding hydrogens is 721 g/mol. The van der Waals surface area contributed by atoms with Crippen LogP contribution in [0.2, 0.25) is 0 Å². The van der Waals surface area contributed by atoms with Crippen LogP contribution in [0.5, 0.6) is 11.5 Å². The van der Waals surface area contributed by atoms with Crippen LogP contribution in [0.3, 0.4) is 0 Å². The van der Waals surface area contributed by atoms with Gasteiger partial charge in [-0.2, -0.15) is 0 Å². The maximum atomic E-state index is 6.07. The number of fused-ring (bicyclic) bond motifs is 4. The fourth-order valence-electron chi connectivity index (χ4n) is 8.49. The molecule has 8 rings (SSSR count). The molecule has 0 aliphatic rings. The van der Waals surface area contributed by atoms with Crippen LogP contribution in [0.4, 0.5) is 0 Å².